The molecule has 1 amide bonds. The summed E-state index contributed by atoms with van der Waals surface area (Å²) in [4.78, 5) is 18.3. The molecule has 0 unspecified atom stereocenters. The second-order valence-electron chi connectivity index (χ2n) is 5.52. The highest BCUT2D eigenvalue weighted by atomic mass is 16.2. The molecule has 1 aromatic rings. The number of nitrogens with zero attached hydrogens (tertiary/aromatic N) is 3. The molecule has 1 aromatic carbocycles. The van der Waals surface area contributed by atoms with Crippen LogP contribution in [0.2, 0.25) is 0 Å². The van der Waals surface area contributed by atoms with Gasteiger partial charge in [0.2, 0.25) is 5.91 Å². The molecule has 1 saturated heterocycles. The highest BCUT2D eigenvalue weighted by Gasteiger charge is 2.17. The Morgan fingerprint density at radius 3 is 2.48 bits per heavy atom. The number of para-hydroxylation sites is 1. The molecule has 0 bridgehead atoms. The predicted molar refractivity (Wildman–Crippen MR) is 86.4 cm³/mol. The molecule has 2 rings (SSSR count). The van der Waals surface area contributed by atoms with E-state index in [1.165, 1.54) is 5.69 Å². The molecule has 5 heteroatoms. The monoisotopic (exact) mass is 290 g/mol. The van der Waals surface area contributed by atoms with Crippen molar-refractivity contribution >= 4 is 11.6 Å². The molecule has 1 aliphatic heterocycles. The summed E-state index contributed by atoms with van der Waals surface area (Å²) in [5, 5.41) is 0. The van der Waals surface area contributed by atoms with Crippen molar-refractivity contribution in [1.82, 2.24) is 9.80 Å². The molecule has 2 N–H and O–H groups in total. The van der Waals surface area contributed by atoms with Crippen LogP contribution >= 0.6 is 0 Å². The van der Waals surface area contributed by atoms with Gasteiger partial charge in [0, 0.05) is 65.0 Å². The van der Waals surface area contributed by atoms with Gasteiger partial charge in [-0.25, -0.2) is 0 Å². The number of amides is 1. The summed E-state index contributed by atoms with van der Waals surface area (Å²) in [6.45, 7) is 6.34. The fourth-order valence-electron chi connectivity index (χ4n) is 2.60. The maximum Gasteiger partial charge on any atom is 0.223 e. The van der Waals surface area contributed by atoms with Crippen molar-refractivity contribution in [1.29, 1.82) is 0 Å². The smallest absolute Gasteiger partial charge is 0.223 e. The van der Waals surface area contributed by atoms with Gasteiger partial charge in [-0.3, -0.25) is 9.69 Å². The van der Waals surface area contributed by atoms with Gasteiger partial charge in [0.15, 0.2) is 0 Å². The third-order valence-electron chi connectivity index (χ3n) is 4.03. The number of piperazine rings is 1. The minimum Gasteiger partial charge on any atom is -0.369 e. The van der Waals surface area contributed by atoms with E-state index in [0.717, 1.165) is 39.3 Å². The predicted octanol–water partition coefficient (Wildman–Crippen LogP) is 0.616. The summed E-state index contributed by atoms with van der Waals surface area (Å²) in [6.07, 6.45) is 0.443. The van der Waals surface area contributed by atoms with E-state index >= 15 is 0 Å². The van der Waals surface area contributed by atoms with Crippen molar-refractivity contribution in [2.75, 3.05) is 57.8 Å². The van der Waals surface area contributed by atoms with Crippen LogP contribution < -0.4 is 10.6 Å². The van der Waals surface area contributed by atoms with Crippen molar-refractivity contribution in [2.45, 2.75) is 6.42 Å². The van der Waals surface area contributed by atoms with Crippen molar-refractivity contribution in [3.63, 3.8) is 0 Å². The highest BCUT2D eigenvalue weighted by molar-refractivity contribution is 5.76. The van der Waals surface area contributed by atoms with Crippen LogP contribution in [-0.4, -0.2) is 68.6 Å². The number of hydrogen-bond donors (Lipinski definition) is 1. The number of nitrogens with two attached hydrogens (primary N) is 1. The lowest BCUT2D eigenvalue weighted by molar-refractivity contribution is -0.129. The second-order valence-corrected chi connectivity index (χ2v) is 5.52. The zero-order valence-electron chi connectivity index (χ0n) is 12.9. The Kier molecular flexibility index (Phi) is 6.02. The summed E-state index contributed by atoms with van der Waals surface area (Å²) >= 11 is 0. The van der Waals surface area contributed by atoms with E-state index in [-0.39, 0.29) is 5.91 Å². The van der Waals surface area contributed by atoms with E-state index in [0.29, 0.717) is 13.0 Å². The maximum atomic E-state index is 11.7. The molecule has 0 aromatic heterocycles. The van der Waals surface area contributed by atoms with Crippen LogP contribution in [0.4, 0.5) is 5.69 Å². The van der Waals surface area contributed by atoms with Crippen molar-refractivity contribution < 1.29 is 4.79 Å². The zero-order chi connectivity index (χ0) is 15.1. The SMILES string of the molecule is CN(CCN1CCN(c2ccccc2)CC1)C(=O)CCN. The lowest BCUT2D eigenvalue weighted by Crippen LogP contribution is -2.48. The van der Waals surface area contributed by atoms with Crippen LogP contribution in [0, 0.1) is 0 Å². The lowest BCUT2D eigenvalue weighted by atomic mass is 10.2. The van der Waals surface area contributed by atoms with Gasteiger partial charge in [-0.15, -0.1) is 0 Å². The minimum atomic E-state index is 0.139. The molecular weight excluding hydrogens is 264 g/mol. The third kappa shape index (κ3) is 4.72. The standard InChI is InChI=1S/C16H26N4O/c1-18(16(21)7-8-17)9-10-19-11-13-20(14-12-19)15-5-3-2-4-6-15/h2-6H,7-14,17H2,1H3. The Labute approximate surface area is 127 Å². The fourth-order valence-corrected chi connectivity index (χ4v) is 2.60. The average molecular weight is 290 g/mol. The van der Waals surface area contributed by atoms with Crippen molar-refractivity contribution in [2.24, 2.45) is 5.73 Å². The second kappa shape index (κ2) is 8.00. The number of carbonyl (C=O) groups is 1. The zero-order valence-corrected chi connectivity index (χ0v) is 12.9. The van der Waals surface area contributed by atoms with Crippen LogP contribution in [0.15, 0.2) is 30.3 Å². The fraction of sp³-hybridized carbons (Fsp3) is 0.562. The Hall–Kier alpha value is -1.59. The van der Waals surface area contributed by atoms with Gasteiger partial charge in [-0.05, 0) is 12.1 Å². The lowest BCUT2D eigenvalue weighted by Gasteiger charge is -2.36. The first-order valence-corrected chi connectivity index (χ1v) is 7.67. The number of likely N-dealkylation sites (N-methyl/N-ethyl adjacent to an activating group) is 1. The Morgan fingerprint density at radius 2 is 1.86 bits per heavy atom. The van der Waals surface area contributed by atoms with E-state index in [2.05, 4.69) is 34.1 Å². The summed E-state index contributed by atoms with van der Waals surface area (Å²) < 4.78 is 0. The first-order chi connectivity index (χ1) is 10.2. The largest absolute Gasteiger partial charge is 0.369 e. The topological polar surface area (TPSA) is 52.8 Å². The molecule has 5 nitrogen and oxygen atoms in total. The number of carbonyl (C=O) groups excluding carboxylic acids is 1. The molecular formula is C16H26N4O. The molecule has 1 aliphatic rings. The highest BCUT2D eigenvalue weighted by Crippen LogP contribution is 2.15. The summed E-state index contributed by atoms with van der Waals surface area (Å²) in [5.41, 5.74) is 6.71. The maximum absolute atomic E-state index is 11.7. The van der Waals surface area contributed by atoms with Gasteiger partial charge in [0.05, 0.1) is 0 Å². The van der Waals surface area contributed by atoms with Gasteiger partial charge >= 0.3 is 0 Å². The molecule has 0 saturated carbocycles. The van der Waals surface area contributed by atoms with E-state index < -0.39 is 0 Å². The van der Waals surface area contributed by atoms with Crippen molar-refractivity contribution in [3.8, 4) is 0 Å². The Bertz CT molecular complexity index is 429. The first-order valence-electron chi connectivity index (χ1n) is 7.67. The van der Waals surface area contributed by atoms with Crippen LogP contribution in [0.3, 0.4) is 0 Å². The average Bonchev–Trinajstić information content (AvgIpc) is 2.54. The van der Waals surface area contributed by atoms with Gasteiger partial charge in [-0.2, -0.15) is 0 Å². The van der Waals surface area contributed by atoms with Crippen LogP contribution in [0.5, 0.6) is 0 Å². The molecule has 0 atom stereocenters. The summed E-state index contributed by atoms with van der Waals surface area (Å²) in [7, 11) is 1.86. The van der Waals surface area contributed by atoms with Gasteiger partial charge in [-0.1, -0.05) is 18.2 Å². The summed E-state index contributed by atoms with van der Waals surface area (Å²) in [5.74, 6) is 0.139. The first kappa shape index (κ1) is 15.8. The minimum absolute atomic E-state index is 0.139. The van der Waals surface area contributed by atoms with E-state index in [1.807, 2.05) is 13.1 Å². The number of benzene rings is 1. The van der Waals surface area contributed by atoms with Crippen LogP contribution in [0.1, 0.15) is 6.42 Å². The van der Waals surface area contributed by atoms with Crippen LogP contribution in [0.25, 0.3) is 0 Å². The third-order valence-corrected chi connectivity index (χ3v) is 4.03. The molecule has 0 radical (unpaired) electrons. The molecule has 21 heavy (non-hydrogen) atoms. The van der Waals surface area contributed by atoms with E-state index in [9.17, 15) is 4.79 Å². The molecule has 116 valence electrons. The Balaban J connectivity index is 1.71. The van der Waals surface area contributed by atoms with E-state index in [1.54, 1.807) is 4.90 Å². The number of rotatable bonds is 6. The molecule has 1 heterocycles. The number of anilines is 1. The quantitative estimate of drug-likeness (QED) is 0.834. The summed E-state index contributed by atoms with van der Waals surface area (Å²) in [6, 6.07) is 10.5. The Morgan fingerprint density at radius 1 is 1.19 bits per heavy atom. The molecule has 0 spiro atoms. The van der Waals surface area contributed by atoms with Gasteiger partial charge in [0.1, 0.15) is 0 Å². The molecule has 1 fully saturated rings. The molecule has 0 aliphatic carbocycles. The number of hydrogen-bond acceptors (Lipinski definition) is 4. The van der Waals surface area contributed by atoms with Gasteiger partial charge in [0.25, 0.3) is 0 Å². The normalized spacial score (nSPS) is 16.0. The van der Waals surface area contributed by atoms with Crippen LogP contribution in [-0.2, 0) is 4.79 Å². The van der Waals surface area contributed by atoms with E-state index in [4.69, 9.17) is 5.73 Å². The van der Waals surface area contributed by atoms with Gasteiger partial charge < -0.3 is 15.5 Å². The van der Waals surface area contributed by atoms with Crippen molar-refractivity contribution in [3.05, 3.63) is 30.3 Å².